The van der Waals surface area contributed by atoms with Gasteiger partial charge in [0.2, 0.25) is 0 Å². The van der Waals surface area contributed by atoms with Crippen LogP contribution in [0.15, 0.2) is 18.2 Å². The summed E-state index contributed by atoms with van der Waals surface area (Å²) in [5.74, 6) is -0.263. The van der Waals surface area contributed by atoms with Crippen molar-refractivity contribution in [1.82, 2.24) is 0 Å². The van der Waals surface area contributed by atoms with Gasteiger partial charge in [-0.1, -0.05) is 0 Å². The lowest BCUT2D eigenvalue weighted by Gasteiger charge is -2.15. The minimum Gasteiger partial charge on any atom is -0.497 e. The molecule has 0 aromatic heterocycles. The number of carboxylic acids is 1. The van der Waals surface area contributed by atoms with Gasteiger partial charge in [-0.05, 0) is 19.1 Å². The number of benzene rings is 1. The van der Waals surface area contributed by atoms with Crippen molar-refractivity contribution in [2.75, 3.05) is 12.4 Å². The topological polar surface area (TPSA) is 82.3 Å². The lowest BCUT2D eigenvalue weighted by atomic mass is 10.1. The Labute approximate surface area is 99.6 Å². The van der Waals surface area contributed by atoms with E-state index in [9.17, 15) is 4.79 Å². The summed E-state index contributed by atoms with van der Waals surface area (Å²) < 4.78 is 5.05. The smallest absolute Gasteiger partial charge is 0.305 e. The Morgan fingerprint density at radius 3 is 2.88 bits per heavy atom. The van der Waals surface area contributed by atoms with Crippen molar-refractivity contribution < 1.29 is 14.6 Å². The van der Waals surface area contributed by atoms with Gasteiger partial charge < -0.3 is 15.2 Å². The molecule has 0 aliphatic rings. The number of nitrogens with one attached hydrogen (secondary N) is 1. The van der Waals surface area contributed by atoms with Crippen molar-refractivity contribution in [1.29, 1.82) is 5.26 Å². The van der Waals surface area contributed by atoms with Crippen molar-refractivity contribution in [3.05, 3.63) is 23.8 Å². The predicted molar refractivity (Wildman–Crippen MR) is 63.0 cm³/mol. The van der Waals surface area contributed by atoms with Crippen molar-refractivity contribution in [2.45, 2.75) is 19.4 Å². The minimum absolute atomic E-state index is 0.0118. The van der Waals surface area contributed by atoms with Gasteiger partial charge in [0.25, 0.3) is 0 Å². The zero-order valence-electron chi connectivity index (χ0n) is 9.73. The third-order valence-corrected chi connectivity index (χ3v) is 2.23. The Morgan fingerprint density at radius 1 is 1.65 bits per heavy atom. The molecule has 1 aromatic carbocycles. The molecule has 90 valence electrons. The summed E-state index contributed by atoms with van der Waals surface area (Å²) in [7, 11) is 1.53. The van der Waals surface area contributed by atoms with Crippen LogP contribution in [-0.2, 0) is 4.79 Å². The van der Waals surface area contributed by atoms with Crippen LogP contribution in [0.2, 0.25) is 0 Å². The van der Waals surface area contributed by atoms with Crippen molar-refractivity contribution in [3.63, 3.8) is 0 Å². The summed E-state index contributed by atoms with van der Waals surface area (Å²) >= 11 is 0. The number of aliphatic carboxylic acids is 1. The lowest BCUT2D eigenvalue weighted by Crippen LogP contribution is -2.19. The van der Waals surface area contributed by atoms with Crippen LogP contribution in [-0.4, -0.2) is 24.2 Å². The monoisotopic (exact) mass is 234 g/mol. The second-order valence-corrected chi connectivity index (χ2v) is 3.67. The molecule has 1 unspecified atom stereocenters. The highest BCUT2D eigenvalue weighted by molar-refractivity contribution is 5.69. The van der Waals surface area contributed by atoms with Gasteiger partial charge in [0, 0.05) is 12.1 Å². The van der Waals surface area contributed by atoms with E-state index in [0.717, 1.165) is 0 Å². The van der Waals surface area contributed by atoms with Gasteiger partial charge in [0.05, 0.1) is 24.8 Å². The van der Waals surface area contributed by atoms with Gasteiger partial charge in [-0.3, -0.25) is 4.79 Å². The molecule has 1 rings (SSSR count). The Balaban J connectivity index is 2.88. The molecule has 0 heterocycles. The molecular weight excluding hydrogens is 220 g/mol. The Morgan fingerprint density at radius 2 is 2.35 bits per heavy atom. The first-order chi connectivity index (χ1) is 8.06. The van der Waals surface area contributed by atoms with Crippen LogP contribution in [0.3, 0.4) is 0 Å². The lowest BCUT2D eigenvalue weighted by molar-refractivity contribution is -0.137. The molecule has 5 heteroatoms. The normalized spacial score (nSPS) is 11.4. The molecular formula is C12H14N2O3. The van der Waals surface area contributed by atoms with E-state index < -0.39 is 5.97 Å². The zero-order valence-corrected chi connectivity index (χ0v) is 9.73. The first-order valence-corrected chi connectivity index (χ1v) is 5.13. The number of nitrogens with zero attached hydrogens (tertiary/aromatic N) is 1. The number of anilines is 1. The van der Waals surface area contributed by atoms with E-state index >= 15 is 0 Å². The highest BCUT2D eigenvalue weighted by Gasteiger charge is 2.10. The number of ether oxygens (including phenoxy) is 1. The molecule has 17 heavy (non-hydrogen) atoms. The van der Waals surface area contributed by atoms with E-state index in [1.54, 1.807) is 25.1 Å². The third-order valence-electron chi connectivity index (χ3n) is 2.23. The Hall–Kier alpha value is -2.22. The highest BCUT2D eigenvalue weighted by atomic mass is 16.5. The standard InChI is InChI=1S/C12H14N2O3/c1-8(5-12(15)16)14-11-6-10(17-2)4-3-9(11)7-13/h3-4,6,8,14H,5H2,1-2H3,(H,15,16). The fourth-order valence-corrected chi connectivity index (χ4v) is 1.45. The molecule has 0 saturated carbocycles. The molecule has 0 saturated heterocycles. The first-order valence-electron chi connectivity index (χ1n) is 5.13. The first kappa shape index (κ1) is 12.8. The van der Waals surface area contributed by atoms with Gasteiger partial charge in [-0.25, -0.2) is 0 Å². The average Bonchev–Trinajstić information content (AvgIpc) is 2.27. The Kier molecular flexibility index (Phi) is 4.35. The largest absolute Gasteiger partial charge is 0.497 e. The average molecular weight is 234 g/mol. The summed E-state index contributed by atoms with van der Waals surface area (Å²) in [6.07, 6.45) is -0.0118. The van der Waals surface area contributed by atoms with Crippen molar-refractivity contribution in [3.8, 4) is 11.8 Å². The Bertz CT molecular complexity index is 452. The van der Waals surface area contributed by atoms with Gasteiger partial charge in [0.15, 0.2) is 0 Å². The number of hydrogen-bond acceptors (Lipinski definition) is 4. The van der Waals surface area contributed by atoms with Crippen molar-refractivity contribution in [2.24, 2.45) is 0 Å². The number of hydrogen-bond donors (Lipinski definition) is 2. The third kappa shape index (κ3) is 3.68. The molecule has 2 N–H and O–H groups in total. The minimum atomic E-state index is -0.883. The zero-order chi connectivity index (χ0) is 12.8. The SMILES string of the molecule is COc1ccc(C#N)c(NC(C)CC(=O)O)c1. The number of carboxylic acid groups (broad SMARTS) is 1. The number of rotatable bonds is 5. The quantitative estimate of drug-likeness (QED) is 0.812. The maximum Gasteiger partial charge on any atom is 0.305 e. The van der Waals surface area contributed by atoms with Crippen LogP contribution in [0, 0.1) is 11.3 Å². The number of methoxy groups -OCH3 is 1. The summed E-state index contributed by atoms with van der Waals surface area (Å²) in [4.78, 5) is 10.5. The molecule has 0 amide bonds. The summed E-state index contributed by atoms with van der Waals surface area (Å²) in [6, 6.07) is 6.78. The molecule has 0 radical (unpaired) electrons. The predicted octanol–water partition coefficient (Wildman–Crippen LogP) is 1.84. The summed E-state index contributed by atoms with van der Waals surface area (Å²) in [5.41, 5.74) is 1.05. The van der Waals surface area contributed by atoms with E-state index in [1.165, 1.54) is 7.11 Å². The second-order valence-electron chi connectivity index (χ2n) is 3.67. The molecule has 0 fully saturated rings. The molecule has 0 spiro atoms. The maximum absolute atomic E-state index is 10.5. The summed E-state index contributed by atoms with van der Waals surface area (Å²) in [5, 5.41) is 20.6. The van der Waals surface area contributed by atoms with Gasteiger partial charge in [-0.15, -0.1) is 0 Å². The van der Waals surface area contributed by atoms with Crippen molar-refractivity contribution >= 4 is 11.7 Å². The van der Waals surface area contributed by atoms with E-state index in [0.29, 0.717) is 17.0 Å². The van der Waals surface area contributed by atoms with Gasteiger partial charge in [-0.2, -0.15) is 5.26 Å². The molecule has 0 aliphatic carbocycles. The van der Waals surface area contributed by atoms with E-state index in [4.69, 9.17) is 15.1 Å². The van der Waals surface area contributed by atoms with Crippen LogP contribution in [0.5, 0.6) is 5.75 Å². The molecule has 1 atom stereocenters. The van der Waals surface area contributed by atoms with Crippen LogP contribution in [0.4, 0.5) is 5.69 Å². The van der Waals surface area contributed by atoms with Gasteiger partial charge >= 0.3 is 5.97 Å². The maximum atomic E-state index is 10.5. The van der Waals surface area contributed by atoms with Crippen LogP contribution in [0.1, 0.15) is 18.9 Å². The van der Waals surface area contributed by atoms with E-state index in [-0.39, 0.29) is 12.5 Å². The fourth-order valence-electron chi connectivity index (χ4n) is 1.45. The van der Waals surface area contributed by atoms with Crippen LogP contribution in [0.25, 0.3) is 0 Å². The number of carbonyl (C=O) groups is 1. The highest BCUT2D eigenvalue weighted by Crippen LogP contribution is 2.22. The fraction of sp³-hybridized carbons (Fsp3) is 0.333. The second kappa shape index (κ2) is 5.75. The van der Waals surface area contributed by atoms with Crippen LogP contribution < -0.4 is 10.1 Å². The number of nitriles is 1. The van der Waals surface area contributed by atoms with Crippen LogP contribution >= 0.6 is 0 Å². The molecule has 0 bridgehead atoms. The van der Waals surface area contributed by atoms with E-state index in [2.05, 4.69) is 5.32 Å². The van der Waals surface area contributed by atoms with Gasteiger partial charge in [0.1, 0.15) is 11.8 Å². The molecule has 0 aliphatic heterocycles. The molecule has 5 nitrogen and oxygen atoms in total. The summed E-state index contributed by atoms with van der Waals surface area (Å²) in [6.45, 7) is 1.74. The van der Waals surface area contributed by atoms with E-state index in [1.807, 2.05) is 6.07 Å². The molecule has 1 aromatic rings.